The molecule has 1 aliphatic rings. The van der Waals surface area contributed by atoms with Crippen molar-refractivity contribution in [3.63, 3.8) is 0 Å². The Morgan fingerprint density at radius 2 is 2.11 bits per heavy atom. The van der Waals surface area contributed by atoms with Crippen molar-refractivity contribution in [1.82, 2.24) is 9.91 Å². The van der Waals surface area contributed by atoms with Crippen molar-refractivity contribution < 1.29 is 9.72 Å². The highest BCUT2D eigenvalue weighted by Crippen LogP contribution is 2.18. The molecule has 0 aromatic heterocycles. The van der Waals surface area contributed by atoms with E-state index in [0.717, 1.165) is 0 Å². The van der Waals surface area contributed by atoms with Crippen LogP contribution in [0.3, 0.4) is 0 Å². The van der Waals surface area contributed by atoms with Gasteiger partial charge in [0.25, 0.3) is 5.69 Å². The minimum Gasteiger partial charge on any atom is -0.334 e. The van der Waals surface area contributed by atoms with E-state index in [9.17, 15) is 14.9 Å². The van der Waals surface area contributed by atoms with Crippen LogP contribution < -0.4 is 0 Å². The molecule has 100 valence electrons. The Bertz CT molecular complexity index is 531. The molecule has 0 amide bonds. The summed E-state index contributed by atoms with van der Waals surface area (Å²) in [6.07, 6.45) is 1.65. The predicted molar refractivity (Wildman–Crippen MR) is 78.2 cm³/mol. The third-order valence-corrected chi connectivity index (χ3v) is 4.19. The quantitative estimate of drug-likeness (QED) is 0.200. The highest BCUT2D eigenvalue weighted by Gasteiger charge is 2.24. The lowest BCUT2D eigenvalue weighted by Crippen LogP contribution is -2.35. The first kappa shape index (κ1) is 13.7. The van der Waals surface area contributed by atoms with E-state index in [1.54, 1.807) is 11.3 Å². The van der Waals surface area contributed by atoms with Gasteiger partial charge in [0.05, 0.1) is 4.92 Å². The monoisotopic (exact) mass is 374 g/mol. The summed E-state index contributed by atoms with van der Waals surface area (Å²) in [5.41, 5.74) is 0.418. The number of carbonyl (C=O) groups excluding carboxylic acids is 1. The van der Waals surface area contributed by atoms with Crippen LogP contribution in [0, 0.1) is 10.1 Å². The molecule has 7 nitrogen and oxygen atoms in total. The molecular weight excluding hydrogens is 363 g/mol. The van der Waals surface area contributed by atoms with Crippen LogP contribution in [0.2, 0.25) is 0 Å². The Morgan fingerprint density at radius 3 is 2.58 bits per heavy atom. The van der Waals surface area contributed by atoms with Crippen LogP contribution in [0.4, 0.5) is 5.69 Å². The molecule has 0 aliphatic carbocycles. The zero-order valence-electron chi connectivity index (χ0n) is 10.1. The second-order valence-electron chi connectivity index (χ2n) is 4.03. The highest BCUT2D eigenvalue weighted by atomic mass is 127. The number of Topliss-reactive ketones (excluding diaryl/α,β-unsaturated/α-hetero) is 1. The number of nitro benzene ring substituents is 1. The fourth-order valence-electron chi connectivity index (χ4n) is 1.59. The lowest BCUT2D eigenvalue weighted by Gasteiger charge is -2.22. The Balaban J connectivity index is 2.04. The van der Waals surface area contributed by atoms with Crippen LogP contribution in [-0.4, -0.2) is 44.7 Å². The predicted octanol–water partition coefficient (Wildman–Crippen LogP) is 1.69. The number of hydrogen-bond donors (Lipinski definition) is 0. The molecule has 0 N–H and O–H groups in total. The number of carbonyl (C=O) groups is 1. The number of nitrogens with zero attached hydrogens (tertiary/aromatic N) is 4. The van der Waals surface area contributed by atoms with E-state index in [0.29, 0.717) is 5.56 Å². The van der Waals surface area contributed by atoms with Gasteiger partial charge in [0.2, 0.25) is 0 Å². The average Bonchev–Trinajstić information content (AvgIpc) is 2.71. The minimum atomic E-state index is -0.491. The fraction of sp³-hybridized carbons (Fsp3) is 0.273. The van der Waals surface area contributed by atoms with E-state index < -0.39 is 4.92 Å². The standard InChI is InChI=1S/C11H11IN4O3/c1-14-7-13-15(11(14)12)6-10(17)8-2-4-9(5-3-8)16(18)19/h2-5,7,11H,6H2,1H3. The molecule has 0 radical (unpaired) electrons. The van der Waals surface area contributed by atoms with Crippen LogP contribution in [0.15, 0.2) is 29.4 Å². The molecule has 1 aromatic carbocycles. The molecule has 19 heavy (non-hydrogen) atoms. The van der Waals surface area contributed by atoms with Gasteiger partial charge in [0, 0.05) is 24.7 Å². The second-order valence-corrected chi connectivity index (χ2v) is 5.15. The molecule has 0 fully saturated rings. The topological polar surface area (TPSA) is 79.0 Å². The molecule has 1 aliphatic heterocycles. The molecule has 0 saturated carbocycles. The zero-order valence-corrected chi connectivity index (χ0v) is 12.2. The van der Waals surface area contributed by atoms with Crippen molar-refractivity contribution in [2.45, 2.75) is 4.17 Å². The van der Waals surface area contributed by atoms with E-state index >= 15 is 0 Å². The first-order valence-electron chi connectivity index (χ1n) is 5.43. The second kappa shape index (κ2) is 5.51. The molecular formula is C11H11IN4O3. The number of alkyl halides is 1. The average molecular weight is 374 g/mol. The fourth-order valence-corrected chi connectivity index (χ4v) is 2.08. The molecule has 1 atom stereocenters. The summed E-state index contributed by atoms with van der Waals surface area (Å²) in [6.45, 7) is 0.145. The summed E-state index contributed by atoms with van der Waals surface area (Å²) in [7, 11) is 1.87. The summed E-state index contributed by atoms with van der Waals surface area (Å²) in [5.74, 6) is -0.121. The number of hydrazone groups is 1. The van der Waals surface area contributed by atoms with E-state index in [1.807, 2.05) is 11.9 Å². The Morgan fingerprint density at radius 1 is 1.47 bits per heavy atom. The first-order valence-corrected chi connectivity index (χ1v) is 6.68. The maximum absolute atomic E-state index is 12.0. The third kappa shape index (κ3) is 3.00. The third-order valence-electron chi connectivity index (χ3n) is 2.67. The number of non-ortho nitro benzene ring substituents is 1. The summed E-state index contributed by atoms with van der Waals surface area (Å²) >= 11 is 2.17. The van der Waals surface area contributed by atoms with Gasteiger partial charge in [-0.2, -0.15) is 5.10 Å². The Hall–Kier alpha value is -1.71. The van der Waals surface area contributed by atoms with Gasteiger partial charge >= 0.3 is 0 Å². The molecule has 2 rings (SSSR count). The normalized spacial score (nSPS) is 17.9. The number of nitro groups is 1. The molecule has 1 unspecified atom stereocenters. The summed E-state index contributed by atoms with van der Waals surface area (Å²) < 4.78 is -0.000372. The molecule has 1 heterocycles. The maximum Gasteiger partial charge on any atom is 0.269 e. The summed E-state index contributed by atoms with van der Waals surface area (Å²) in [4.78, 5) is 23.9. The van der Waals surface area contributed by atoms with Gasteiger partial charge in [-0.25, -0.2) is 0 Å². The van der Waals surface area contributed by atoms with Crippen LogP contribution in [0.1, 0.15) is 10.4 Å². The Labute approximate surface area is 123 Å². The molecule has 1 aromatic rings. The van der Waals surface area contributed by atoms with Gasteiger partial charge in [0.1, 0.15) is 12.9 Å². The van der Waals surface area contributed by atoms with Crippen LogP contribution in [-0.2, 0) is 0 Å². The largest absolute Gasteiger partial charge is 0.334 e. The van der Waals surface area contributed by atoms with E-state index in [-0.39, 0.29) is 22.2 Å². The lowest BCUT2D eigenvalue weighted by atomic mass is 10.1. The van der Waals surface area contributed by atoms with Gasteiger partial charge in [-0.1, -0.05) is 0 Å². The van der Waals surface area contributed by atoms with Crippen molar-refractivity contribution in [3.8, 4) is 0 Å². The first-order chi connectivity index (χ1) is 8.99. The van der Waals surface area contributed by atoms with Crippen molar-refractivity contribution in [1.29, 1.82) is 0 Å². The van der Waals surface area contributed by atoms with Gasteiger partial charge in [0.15, 0.2) is 9.96 Å². The van der Waals surface area contributed by atoms with E-state index in [1.165, 1.54) is 24.3 Å². The van der Waals surface area contributed by atoms with Gasteiger partial charge in [-0.05, 0) is 34.7 Å². The SMILES string of the molecule is CN1C=NN(CC(=O)c2ccc([N+](=O)[O-])cc2)C1I. The van der Waals surface area contributed by atoms with E-state index in [2.05, 4.69) is 27.7 Å². The van der Waals surface area contributed by atoms with Crippen LogP contribution in [0.5, 0.6) is 0 Å². The number of rotatable bonds is 4. The Kier molecular flexibility index (Phi) is 3.98. The number of halogens is 1. The number of ketones is 1. The molecule has 8 heteroatoms. The summed E-state index contributed by atoms with van der Waals surface area (Å²) in [5, 5.41) is 16.3. The summed E-state index contributed by atoms with van der Waals surface area (Å²) in [6, 6.07) is 5.58. The molecule has 0 spiro atoms. The minimum absolute atomic E-state index is 0.000372. The zero-order chi connectivity index (χ0) is 14.0. The van der Waals surface area contributed by atoms with Gasteiger partial charge in [-0.15, -0.1) is 0 Å². The highest BCUT2D eigenvalue weighted by molar-refractivity contribution is 14.1. The van der Waals surface area contributed by atoms with Crippen molar-refractivity contribution in [3.05, 3.63) is 39.9 Å². The smallest absolute Gasteiger partial charge is 0.269 e. The number of benzene rings is 1. The van der Waals surface area contributed by atoms with Crippen molar-refractivity contribution in [2.24, 2.45) is 5.10 Å². The van der Waals surface area contributed by atoms with Crippen molar-refractivity contribution in [2.75, 3.05) is 13.6 Å². The maximum atomic E-state index is 12.0. The molecule has 0 saturated heterocycles. The van der Waals surface area contributed by atoms with E-state index in [4.69, 9.17) is 0 Å². The van der Waals surface area contributed by atoms with Crippen molar-refractivity contribution >= 4 is 40.4 Å². The van der Waals surface area contributed by atoms with Gasteiger partial charge < -0.3 is 4.90 Å². The van der Waals surface area contributed by atoms with Crippen LogP contribution >= 0.6 is 22.6 Å². The number of hydrogen-bond acceptors (Lipinski definition) is 6. The van der Waals surface area contributed by atoms with Gasteiger partial charge in [-0.3, -0.25) is 19.9 Å². The molecule has 0 bridgehead atoms. The lowest BCUT2D eigenvalue weighted by molar-refractivity contribution is -0.384. The van der Waals surface area contributed by atoms with Crippen LogP contribution in [0.25, 0.3) is 0 Å².